The molecule has 2 aromatic carbocycles. The maximum atomic E-state index is 13.3. The van der Waals surface area contributed by atoms with Crippen LogP contribution in [0.3, 0.4) is 0 Å². The lowest BCUT2D eigenvalue weighted by molar-refractivity contribution is -0.114. The number of carbonyl (C=O) groups is 1. The zero-order chi connectivity index (χ0) is 23.0. The Kier molecular flexibility index (Phi) is 5.71. The number of methoxy groups -OCH3 is 1. The number of hydrogen-bond acceptors (Lipinski definition) is 6. The molecule has 8 nitrogen and oxygen atoms in total. The summed E-state index contributed by atoms with van der Waals surface area (Å²) in [4.78, 5) is 24.9. The summed E-state index contributed by atoms with van der Waals surface area (Å²) in [6.07, 6.45) is 0. The van der Waals surface area contributed by atoms with Crippen LogP contribution in [-0.4, -0.2) is 28.0 Å². The van der Waals surface area contributed by atoms with E-state index in [1.807, 2.05) is 19.1 Å². The highest BCUT2D eigenvalue weighted by molar-refractivity contribution is 6.30. The molecule has 1 atom stereocenters. The zero-order valence-electron chi connectivity index (χ0n) is 18.0. The third-order valence-corrected chi connectivity index (χ3v) is 5.45. The summed E-state index contributed by atoms with van der Waals surface area (Å²) in [5, 5.41) is 12.3. The van der Waals surface area contributed by atoms with Crippen molar-refractivity contribution in [3.63, 3.8) is 0 Å². The van der Waals surface area contributed by atoms with Crippen molar-refractivity contribution in [1.29, 1.82) is 0 Å². The maximum Gasteiger partial charge on any atom is 0.280 e. The van der Waals surface area contributed by atoms with Gasteiger partial charge >= 0.3 is 0 Å². The van der Waals surface area contributed by atoms with Gasteiger partial charge in [-0.3, -0.25) is 9.59 Å². The quantitative estimate of drug-likeness (QED) is 0.475. The van der Waals surface area contributed by atoms with Crippen LogP contribution in [0.5, 0.6) is 5.75 Å². The van der Waals surface area contributed by atoms with Crippen LogP contribution in [0.25, 0.3) is 22.2 Å². The monoisotopic (exact) mass is 452 g/mol. The zero-order valence-corrected chi connectivity index (χ0v) is 18.7. The Labute approximate surface area is 188 Å². The third-order valence-electron chi connectivity index (χ3n) is 5.20. The second-order valence-electron chi connectivity index (χ2n) is 7.39. The number of aryl methyl sites for hydroxylation is 1. The molecule has 32 heavy (non-hydrogen) atoms. The topological polar surface area (TPSA) is 99.2 Å². The predicted octanol–water partition coefficient (Wildman–Crippen LogP) is 4.59. The number of hydrogen-bond donors (Lipinski definition) is 1. The molecule has 4 aromatic rings. The standard InChI is InChI=1S/C23H21ClN4O4/c1-12-20-22(32-27-12)21(18-11-17(25-14(3)29)9-10-19(18)31-4)26-28(23(20)30)13(2)15-5-7-16(24)8-6-15/h5-11,13H,1-4H3,(H,25,29). The molecule has 164 valence electrons. The largest absolute Gasteiger partial charge is 0.496 e. The normalized spacial score (nSPS) is 12.0. The van der Waals surface area contributed by atoms with Gasteiger partial charge in [0.1, 0.15) is 16.8 Å². The number of nitrogens with zero attached hydrogens (tertiary/aromatic N) is 3. The maximum absolute atomic E-state index is 13.3. The summed E-state index contributed by atoms with van der Waals surface area (Å²) >= 11 is 6.02. The molecule has 0 fully saturated rings. The van der Waals surface area contributed by atoms with Crippen molar-refractivity contribution in [3.8, 4) is 17.0 Å². The number of amides is 1. The summed E-state index contributed by atoms with van der Waals surface area (Å²) in [5.74, 6) is 0.294. The number of rotatable bonds is 5. The van der Waals surface area contributed by atoms with Crippen molar-refractivity contribution in [2.45, 2.75) is 26.8 Å². The highest BCUT2D eigenvalue weighted by Crippen LogP contribution is 2.36. The molecule has 0 saturated heterocycles. The molecule has 1 N–H and O–H groups in total. The lowest BCUT2D eigenvalue weighted by Crippen LogP contribution is -2.27. The highest BCUT2D eigenvalue weighted by atomic mass is 35.5. The molecule has 1 amide bonds. The summed E-state index contributed by atoms with van der Waals surface area (Å²) in [7, 11) is 1.53. The van der Waals surface area contributed by atoms with Gasteiger partial charge in [0.15, 0.2) is 0 Å². The minimum Gasteiger partial charge on any atom is -0.496 e. The molecule has 0 radical (unpaired) electrons. The first-order valence-corrected chi connectivity index (χ1v) is 10.3. The fourth-order valence-electron chi connectivity index (χ4n) is 3.59. The van der Waals surface area contributed by atoms with Crippen molar-refractivity contribution in [1.82, 2.24) is 14.9 Å². The van der Waals surface area contributed by atoms with Crippen LogP contribution < -0.4 is 15.6 Å². The molecular formula is C23H21ClN4O4. The summed E-state index contributed by atoms with van der Waals surface area (Å²) in [5.41, 5.74) is 2.75. The fourth-order valence-corrected chi connectivity index (χ4v) is 3.72. The molecular weight excluding hydrogens is 432 g/mol. The van der Waals surface area contributed by atoms with E-state index < -0.39 is 0 Å². The molecule has 9 heteroatoms. The van der Waals surface area contributed by atoms with Gasteiger partial charge in [0.25, 0.3) is 5.56 Å². The van der Waals surface area contributed by atoms with Crippen LogP contribution in [0.4, 0.5) is 5.69 Å². The number of benzene rings is 2. The molecule has 0 bridgehead atoms. The van der Waals surface area contributed by atoms with E-state index in [1.54, 1.807) is 37.3 Å². The minimum absolute atomic E-state index is 0.212. The van der Waals surface area contributed by atoms with E-state index in [9.17, 15) is 9.59 Å². The lowest BCUT2D eigenvalue weighted by Gasteiger charge is -2.17. The van der Waals surface area contributed by atoms with Crippen LogP contribution >= 0.6 is 11.6 Å². The van der Waals surface area contributed by atoms with Gasteiger partial charge in [-0.05, 0) is 49.7 Å². The summed E-state index contributed by atoms with van der Waals surface area (Å²) < 4.78 is 12.4. The summed E-state index contributed by atoms with van der Waals surface area (Å²) in [6.45, 7) is 5.01. The molecule has 0 aliphatic heterocycles. The number of anilines is 1. The Hall–Kier alpha value is -3.65. The first-order valence-electron chi connectivity index (χ1n) is 9.90. The van der Waals surface area contributed by atoms with Gasteiger partial charge in [-0.1, -0.05) is 28.9 Å². The molecule has 0 saturated carbocycles. The average molecular weight is 453 g/mol. The molecule has 1 unspecified atom stereocenters. The second-order valence-corrected chi connectivity index (χ2v) is 7.83. The minimum atomic E-state index is -0.387. The molecule has 0 spiro atoms. The number of carbonyl (C=O) groups excluding carboxylic acids is 1. The molecule has 0 aliphatic rings. The van der Waals surface area contributed by atoms with Crippen molar-refractivity contribution in [2.75, 3.05) is 12.4 Å². The van der Waals surface area contributed by atoms with Crippen molar-refractivity contribution in [3.05, 3.63) is 69.1 Å². The number of ether oxygens (including phenoxy) is 1. The van der Waals surface area contributed by atoms with E-state index in [4.69, 9.17) is 20.9 Å². The SMILES string of the molecule is COc1ccc(NC(C)=O)cc1-c1nn(C(C)c2ccc(Cl)cc2)c(=O)c2c(C)noc12. The Balaban J connectivity index is 1.99. The van der Waals surface area contributed by atoms with Crippen LogP contribution in [0, 0.1) is 6.92 Å². The van der Waals surface area contributed by atoms with Crippen LogP contribution in [0.15, 0.2) is 51.8 Å². The number of aromatic nitrogens is 3. The van der Waals surface area contributed by atoms with E-state index >= 15 is 0 Å². The number of fused-ring (bicyclic) bond motifs is 1. The average Bonchev–Trinajstić information content (AvgIpc) is 3.16. The first-order chi connectivity index (χ1) is 15.3. The van der Waals surface area contributed by atoms with Gasteiger partial charge in [-0.15, -0.1) is 0 Å². The van der Waals surface area contributed by atoms with Gasteiger partial charge in [0.05, 0.1) is 24.4 Å². The smallest absolute Gasteiger partial charge is 0.280 e. The second kappa shape index (κ2) is 8.47. The van der Waals surface area contributed by atoms with Crippen LogP contribution in [0.2, 0.25) is 5.02 Å². The van der Waals surface area contributed by atoms with Gasteiger partial charge in [0, 0.05) is 17.6 Å². The number of halogens is 1. The van der Waals surface area contributed by atoms with Crippen LogP contribution in [0.1, 0.15) is 31.1 Å². The Morgan fingerprint density at radius 1 is 1.22 bits per heavy atom. The summed E-state index contributed by atoms with van der Waals surface area (Å²) in [6, 6.07) is 12.0. The fraction of sp³-hybridized carbons (Fsp3) is 0.217. The molecule has 0 aliphatic carbocycles. The lowest BCUT2D eigenvalue weighted by atomic mass is 10.1. The van der Waals surface area contributed by atoms with Crippen LogP contribution in [-0.2, 0) is 4.79 Å². The Morgan fingerprint density at radius 2 is 1.94 bits per heavy atom. The van der Waals surface area contributed by atoms with Gasteiger partial charge < -0.3 is 14.6 Å². The molecule has 2 heterocycles. The first kappa shape index (κ1) is 21.6. The van der Waals surface area contributed by atoms with E-state index in [1.165, 1.54) is 18.7 Å². The van der Waals surface area contributed by atoms with E-state index in [0.717, 1.165) is 5.56 Å². The van der Waals surface area contributed by atoms with Gasteiger partial charge in [0.2, 0.25) is 11.5 Å². The molecule has 2 aromatic heterocycles. The third kappa shape index (κ3) is 3.85. The predicted molar refractivity (Wildman–Crippen MR) is 122 cm³/mol. The Morgan fingerprint density at radius 3 is 2.59 bits per heavy atom. The van der Waals surface area contributed by atoms with Gasteiger partial charge in [-0.2, -0.15) is 5.10 Å². The highest BCUT2D eigenvalue weighted by Gasteiger charge is 2.24. The molecule has 4 rings (SSSR count). The Bertz CT molecular complexity index is 1380. The number of nitrogens with one attached hydrogen (secondary N) is 1. The van der Waals surface area contributed by atoms with Crippen molar-refractivity contribution in [2.24, 2.45) is 0 Å². The van der Waals surface area contributed by atoms with Crippen molar-refractivity contribution < 1.29 is 14.1 Å². The van der Waals surface area contributed by atoms with Crippen molar-refractivity contribution >= 4 is 34.2 Å². The van der Waals surface area contributed by atoms with E-state index in [0.29, 0.717) is 38.8 Å². The van der Waals surface area contributed by atoms with E-state index in [-0.39, 0.29) is 23.1 Å². The van der Waals surface area contributed by atoms with E-state index in [2.05, 4.69) is 15.6 Å². The van der Waals surface area contributed by atoms with Gasteiger partial charge in [-0.25, -0.2) is 4.68 Å².